The number of ether oxygens (including phenoxy) is 1. The maximum Gasteiger partial charge on any atom is 0.253 e. The van der Waals surface area contributed by atoms with Crippen LogP contribution in [0, 0.1) is 12.8 Å². The Labute approximate surface area is 171 Å². The van der Waals surface area contributed by atoms with Crippen molar-refractivity contribution in [2.45, 2.75) is 19.8 Å². The fraction of sp³-hybridized carbons (Fsp3) is 0.350. The lowest BCUT2D eigenvalue weighted by atomic mass is 9.98. The summed E-state index contributed by atoms with van der Waals surface area (Å²) in [5, 5.41) is 0. The van der Waals surface area contributed by atoms with E-state index in [0.717, 1.165) is 25.1 Å². The number of hydrogen-bond donors (Lipinski definition) is 2. The van der Waals surface area contributed by atoms with Gasteiger partial charge in [0.15, 0.2) is 0 Å². The number of pyridine rings is 1. The van der Waals surface area contributed by atoms with E-state index < -0.39 is 11.2 Å². The Balaban J connectivity index is 1.43. The van der Waals surface area contributed by atoms with Crippen LogP contribution in [0.15, 0.2) is 40.9 Å². The number of nitrogens with zero attached hydrogens (tertiary/aromatic N) is 3. The molecule has 9 heteroatoms. The van der Waals surface area contributed by atoms with Crippen molar-refractivity contribution in [1.29, 1.82) is 0 Å². The number of amidine groups is 1. The number of benzene rings is 1. The number of likely N-dealkylation sites (tertiary alicyclic amines) is 1. The first-order valence-electron chi connectivity index (χ1n) is 9.52. The standard InChI is InChI=1S/C20H23N5O3S/c1-13-10-15(7-8-22-13)20(26)25-9-3-4-14(11-25)12-28-17-6-2-5-16-18(17)19(21)24-29(27)23-16/h2,5-8,10,14,23H,3-4,9,11-12H2,1H3,(H2,21,24). The molecule has 2 aliphatic rings. The van der Waals surface area contributed by atoms with Crippen molar-refractivity contribution >= 4 is 28.6 Å². The zero-order valence-corrected chi connectivity index (χ0v) is 16.9. The number of amides is 1. The van der Waals surface area contributed by atoms with E-state index in [-0.39, 0.29) is 17.7 Å². The zero-order chi connectivity index (χ0) is 20.4. The van der Waals surface area contributed by atoms with Crippen LogP contribution in [-0.4, -0.2) is 45.5 Å². The SMILES string of the molecule is Cc1cc(C(=O)N2CCCC(COc3cccc4c3C(N)=NS(=O)N4)C2)ccn1. The van der Waals surface area contributed by atoms with E-state index in [4.69, 9.17) is 10.5 Å². The Morgan fingerprint density at radius 1 is 1.41 bits per heavy atom. The summed E-state index contributed by atoms with van der Waals surface area (Å²) in [6, 6.07) is 9.00. The van der Waals surface area contributed by atoms with Crippen molar-refractivity contribution in [2.24, 2.45) is 16.0 Å². The van der Waals surface area contributed by atoms with E-state index in [1.165, 1.54) is 0 Å². The molecule has 1 aromatic heterocycles. The first kappa shape index (κ1) is 19.4. The summed E-state index contributed by atoms with van der Waals surface area (Å²) in [5.74, 6) is 1.04. The summed E-state index contributed by atoms with van der Waals surface area (Å²) in [5.41, 5.74) is 8.73. The van der Waals surface area contributed by atoms with E-state index in [1.54, 1.807) is 18.3 Å². The third-order valence-electron chi connectivity index (χ3n) is 5.09. The molecule has 0 bridgehead atoms. The lowest BCUT2D eigenvalue weighted by Gasteiger charge is -2.33. The minimum Gasteiger partial charge on any atom is -0.492 e. The van der Waals surface area contributed by atoms with Gasteiger partial charge in [0.05, 0.1) is 17.9 Å². The molecule has 152 valence electrons. The molecule has 1 saturated heterocycles. The highest BCUT2D eigenvalue weighted by Gasteiger charge is 2.26. The predicted molar refractivity (Wildman–Crippen MR) is 112 cm³/mol. The van der Waals surface area contributed by atoms with Crippen LogP contribution < -0.4 is 15.2 Å². The summed E-state index contributed by atoms with van der Waals surface area (Å²) in [6.07, 6.45) is 3.58. The van der Waals surface area contributed by atoms with Gasteiger partial charge in [0.1, 0.15) is 11.6 Å². The number of aromatic nitrogens is 1. The minimum atomic E-state index is -1.57. The third kappa shape index (κ3) is 4.24. The number of nitrogens with two attached hydrogens (primary N) is 1. The second kappa shape index (κ2) is 8.20. The molecule has 0 saturated carbocycles. The number of nitrogens with one attached hydrogen (secondary N) is 1. The Bertz CT molecular complexity index is 994. The van der Waals surface area contributed by atoms with Crippen LogP contribution >= 0.6 is 0 Å². The Hall–Kier alpha value is -2.94. The lowest BCUT2D eigenvalue weighted by Crippen LogP contribution is -2.41. The smallest absolute Gasteiger partial charge is 0.253 e. The molecule has 4 rings (SSSR count). The number of fused-ring (bicyclic) bond motifs is 1. The van der Waals surface area contributed by atoms with Gasteiger partial charge in [-0.25, -0.2) is 4.21 Å². The first-order chi connectivity index (χ1) is 14.0. The largest absolute Gasteiger partial charge is 0.492 e. The molecule has 1 amide bonds. The molecule has 2 aliphatic heterocycles. The molecule has 0 radical (unpaired) electrons. The van der Waals surface area contributed by atoms with Crippen molar-refractivity contribution in [3.63, 3.8) is 0 Å². The van der Waals surface area contributed by atoms with Gasteiger partial charge in [-0.1, -0.05) is 6.07 Å². The predicted octanol–water partition coefficient (Wildman–Crippen LogP) is 2.03. The summed E-state index contributed by atoms with van der Waals surface area (Å²) >= 11 is -1.57. The molecule has 1 fully saturated rings. The summed E-state index contributed by atoms with van der Waals surface area (Å²) in [6.45, 7) is 3.73. The van der Waals surface area contributed by atoms with Gasteiger partial charge in [-0.15, -0.1) is 0 Å². The van der Waals surface area contributed by atoms with E-state index in [0.29, 0.717) is 35.7 Å². The third-order valence-corrected chi connectivity index (χ3v) is 5.84. The van der Waals surface area contributed by atoms with Crippen LogP contribution in [0.25, 0.3) is 0 Å². The van der Waals surface area contributed by atoms with Crippen LogP contribution in [-0.2, 0) is 11.2 Å². The van der Waals surface area contributed by atoms with Crippen molar-refractivity contribution in [3.8, 4) is 5.75 Å². The molecule has 0 spiro atoms. The number of carbonyl (C=O) groups is 1. The second-order valence-corrected chi connectivity index (χ2v) is 8.15. The van der Waals surface area contributed by atoms with E-state index >= 15 is 0 Å². The number of piperidine rings is 1. The highest BCUT2D eigenvalue weighted by molar-refractivity contribution is 7.85. The highest BCUT2D eigenvalue weighted by atomic mass is 32.2. The molecule has 1 aromatic carbocycles. The Morgan fingerprint density at radius 2 is 2.28 bits per heavy atom. The van der Waals surface area contributed by atoms with Gasteiger partial charge in [0, 0.05) is 36.5 Å². The molecule has 3 heterocycles. The van der Waals surface area contributed by atoms with Crippen molar-refractivity contribution < 1.29 is 13.7 Å². The highest BCUT2D eigenvalue weighted by Crippen LogP contribution is 2.30. The Kier molecular flexibility index (Phi) is 5.48. The maximum absolute atomic E-state index is 12.8. The molecule has 3 N–H and O–H groups in total. The maximum atomic E-state index is 12.8. The number of carbonyl (C=O) groups excluding carboxylic acids is 1. The first-order valence-corrected chi connectivity index (χ1v) is 10.6. The van der Waals surface area contributed by atoms with Gasteiger partial charge in [0.25, 0.3) is 5.91 Å². The van der Waals surface area contributed by atoms with Gasteiger partial charge in [-0.3, -0.25) is 14.5 Å². The van der Waals surface area contributed by atoms with Gasteiger partial charge in [-0.05, 0) is 44.0 Å². The zero-order valence-electron chi connectivity index (χ0n) is 16.1. The van der Waals surface area contributed by atoms with Gasteiger partial charge in [-0.2, -0.15) is 4.40 Å². The molecular formula is C20H23N5O3S. The summed E-state index contributed by atoms with van der Waals surface area (Å²) in [4.78, 5) is 18.9. The van der Waals surface area contributed by atoms with Crippen molar-refractivity contribution in [1.82, 2.24) is 9.88 Å². The molecule has 2 aromatic rings. The number of hydrogen-bond acceptors (Lipinski definition) is 5. The fourth-order valence-electron chi connectivity index (χ4n) is 3.71. The summed E-state index contributed by atoms with van der Waals surface area (Å²) in [7, 11) is 0. The number of anilines is 1. The van der Waals surface area contributed by atoms with Crippen LogP contribution in [0.3, 0.4) is 0 Å². The molecule has 2 atom stereocenters. The van der Waals surface area contributed by atoms with E-state index in [2.05, 4.69) is 14.1 Å². The van der Waals surface area contributed by atoms with Gasteiger partial charge < -0.3 is 15.4 Å². The van der Waals surface area contributed by atoms with Crippen molar-refractivity contribution in [2.75, 3.05) is 24.4 Å². The second-order valence-electron chi connectivity index (χ2n) is 7.26. The van der Waals surface area contributed by atoms with Crippen LogP contribution in [0.1, 0.15) is 34.5 Å². The molecule has 0 aliphatic carbocycles. The Morgan fingerprint density at radius 3 is 3.10 bits per heavy atom. The van der Waals surface area contributed by atoms with Crippen LogP contribution in [0.5, 0.6) is 5.75 Å². The van der Waals surface area contributed by atoms with Gasteiger partial charge >= 0.3 is 0 Å². The van der Waals surface area contributed by atoms with Crippen molar-refractivity contribution in [3.05, 3.63) is 53.3 Å². The topological polar surface area (TPSA) is 110 Å². The fourth-order valence-corrected chi connectivity index (χ4v) is 4.38. The quantitative estimate of drug-likeness (QED) is 0.797. The summed E-state index contributed by atoms with van der Waals surface area (Å²) < 4.78 is 24.3. The van der Waals surface area contributed by atoms with E-state index in [9.17, 15) is 9.00 Å². The van der Waals surface area contributed by atoms with Crippen LogP contribution in [0.2, 0.25) is 0 Å². The van der Waals surface area contributed by atoms with Crippen LogP contribution in [0.4, 0.5) is 5.69 Å². The molecule has 29 heavy (non-hydrogen) atoms. The average Bonchev–Trinajstić information content (AvgIpc) is 2.71. The normalized spacial score (nSPS) is 21.0. The number of aryl methyl sites for hydroxylation is 1. The molecule has 8 nitrogen and oxygen atoms in total. The molecule has 2 unspecified atom stereocenters. The number of rotatable bonds is 4. The van der Waals surface area contributed by atoms with Gasteiger partial charge in [0.2, 0.25) is 11.2 Å². The monoisotopic (exact) mass is 413 g/mol. The molecular weight excluding hydrogens is 390 g/mol. The minimum absolute atomic E-state index is 0.0281. The van der Waals surface area contributed by atoms with E-state index in [1.807, 2.05) is 30.0 Å². The average molecular weight is 414 g/mol. The lowest BCUT2D eigenvalue weighted by molar-refractivity contribution is 0.0633.